The normalized spacial score (nSPS) is 34.4. The Morgan fingerprint density at radius 2 is 2.12 bits per heavy atom. The number of likely N-dealkylation sites (N-methyl/N-ethyl adjacent to an activating group) is 1. The van der Waals surface area contributed by atoms with Crippen LogP contribution in [0.2, 0.25) is 0 Å². The van der Waals surface area contributed by atoms with Crippen molar-refractivity contribution < 1.29 is 9.94 Å². The minimum absolute atomic E-state index is 0.0955. The van der Waals surface area contributed by atoms with Gasteiger partial charge in [0.15, 0.2) is 0 Å². The van der Waals surface area contributed by atoms with Crippen LogP contribution in [0.4, 0.5) is 0 Å². The summed E-state index contributed by atoms with van der Waals surface area (Å²) in [4.78, 5) is 7.49. The molecule has 1 aromatic rings. The van der Waals surface area contributed by atoms with Crippen LogP contribution in [-0.2, 0) is 4.84 Å². The number of aryl methyl sites for hydroxylation is 1. The number of hydrogen-bond donors (Lipinski definition) is 1. The molecule has 4 heteroatoms. The monoisotopic (exact) mass is 358 g/mol. The maximum absolute atomic E-state index is 11.5. The summed E-state index contributed by atoms with van der Waals surface area (Å²) in [5, 5.41) is 15.7. The second-order valence-electron chi connectivity index (χ2n) is 8.84. The molecule has 0 heterocycles. The zero-order chi connectivity index (χ0) is 18.8. The zero-order valence-electron chi connectivity index (χ0n) is 16.7. The van der Waals surface area contributed by atoms with E-state index in [1.54, 1.807) is 0 Å². The molecule has 4 nitrogen and oxygen atoms in total. The van der Waals surface area contributed by atoms with Crippen molar-refractivity contribution in [3.05, 3.63) is 35.4 Å². The van der Waals surface area contributed by atoms with Gasteiger partial charge in [-0.05, 0) is 64.6 Å². The van der Waals surface area contributed by atoms with Gasteiger partial charge in [0, 0.05) is 24.1 Å². The molecule has 2 saturated carbocycles. The van der Waals surface area contributed by atoms with Gasteiger partial charge >= 0.3 is 0 Å². The van der Waals surface area contributed by atoms with Crippen LogP contribution in [0, 0.1) is 18.3 Å². The summed E-state index contributed by atoms with van der Waals surface area (Å²) < 4.78 is 0. The highest BCUT2D eigenvalue weighted by atomic mass is 16.6. The lowest BCUT2D eigenvalue weighted by Gasteiger charge is -2.48. The maximum Gasteiger partial charge on any atom is 0.129 e. The molecule has 1 N–H and O–H groups in total. The zero-order valence-corrected chi connectivity index (χ0v) is 16.7. The second kappa shape index (κ2) is 7.69. The van der Waals surface area contributed by atoms with Crippen molar-refractivity contribution in [2.45, 2.75) is 57.5 Å². The van der Waals surface area contributed by atoms with Gasteiger partial charge in [0.2, 0.25) is 0 Å². The van der Waals surface area contributed by atoms with E-state index in [0.717, 1.165) is 38.6 Å². The standard InChI is InChI=1S/C22H34N2O2/c1-17-6-5-7-18(14-17)19-8-10-21(2)20(9-11-22(21,25)15-19)16-23-26-13-12-24(3)4/h5-7,14,16,19-20,25H,8-13,15H2,1-4H3/t19-,20+,21+,22-/m0/s1. The first-order valence-corrected chi connectivity index (χ1v) is 9.93. The number of hydrogen-bond acceptors (Lipinski definition) is 4. The van der Waals surface area contributed by atoms with Crippen LogP contribution in [0.5, 0.6) is 0 Å². The average molecular weight is 359 g/mol. The molecule has 0 amide bonds. The van der Waals surface area contributed by atoms with E-state index in [9.17, 15) is 5.11 Å². The molecule has 26 heavy (non-hydrogen) atoms. The van der Waals surface area contributed by atoms with E-state index in [1.807, 2.05) is 20.3 Å². The van der Waals surface area contributed by atoms with E-state index in [0.29, 0.717) is 18.4 Å². The van der Waals surface area contributed by atoms with E-state index in [4.69, 9.17) is 4.84 Å². The summed E-state index contributed by atoms with van der Waals surface area (Å²) in [6.45, 7) is 5.86. The molecule has 0 radical (unpaired) electrons. The number of nitrogens with zero attached hydrogens (tertiary/aromatic N) is 2. The molecule has 2 fully saturated rings. The Hall–Kier alpha value is -1.39. The average Bonchev–Trinajstić information content (AvgIpc) is 2.85. The molecule has 3 rings (SSSR count). The van der Waals surface area contributed by atoms with Crippen LogP contribution in [0.3, 0.4) is 0 Å². The van der Waals surface area contributed by atoms with Gasteiger partial charge in [0.25, 0.3) is 0 Å². The highest BCUT2D eigenvalue weighted by Gasteiger charge is 2.58. The lowest BCUT2D eigenvalue weighted by Crippen LogP contribution is -2.49. The van der Waals surface area contributed by atoms with Crippen LogP contribution in [0.1, 0.15) is 56.1 Å². The molecule has 1 aromatic carbocycles. The summed E-state index contributed by atoms with van der Waals surface area (Å²) >= 11 is 0. The number of rotatable bonds is 6. The Labute approximate surface area is 158 Å². The third-order valence-corrected chi connectivity index (χ3v) is 6.81. The van der Waals surface area contributed by atoms with Crippen molar-refractivity contribution in [3.8, 4) is 0 Å². The Morgan fingerprint density at radius 3 is 2.85 bits per heavy atom. The predicted molar refractivity (Wildman–Crippen MR) is 107 cm³/mol. The smallest absolute Gasteiger partial charge is 0.129 e. The van der Waals surface area contributed by atoms with E-state index in [1.165, 1.54) is 11.1 Å². The molecule has 0 aromatic heterocycles. The largest absolute Gasteiger partial charge is 0.395 e. The molecule has 0 saturated heterocycles. The molecule has 0 unspecified atom stereocenters. The van der Waals surface area contributed by atoms with E-state index in [-0.39, 0.29) is 5.41 Å². The predicted octanol–water partition coefficient (Wildman–Crippen LogP) is 3.97. The van der Waals surface area contributed by atoms with E-state index in [2.05, 4.69) is 48.2 Å². The van der Waals surface area contributed by atoms with Gasteiger partial charge in [0.05, 0.1) is 5.60 Å². The second-order valence-corrected chi connectivity index (χ2v) is 8.84. The quantitative estimate of drug-likeness (QED) is 0.475. The molecule has 0 spiro atoms. The van der Waals surface area contributed by atoms with Gasteiger partial charge in [-0.25, -0.2) is 0 Å². The first-order chi connectivity index (χ1) is 12.3. The van der Waals surface area contributed by atoms with Gasteiger partial charge in [-0.15, -0.1) is 0 Å². The van der Waals surface area contributed by atoms with Crippen molar-refractivity contribution in [2.75, 3.05) is 27.2 Å². The fourth-order valence-corrected chi connectivity index (χ4v) is 4.92. The van der Waals surface area contributed by atoms with Crippen LogP contribution in [0.15, 0.2) is 29.4 Å². The Morgan fingerprint density at radius 1 is 1.31 bits per heavy atom. The Kier molecular flexibility index (Phi) is 5.73. The number of benzene rings is 1. The molecule has 0 aliphatic heterocycles. The fourth-order valence-electron chi connectivity index (χ4n) is 4.92. The first kappa shape index (κ1) is 19.4. The van der Waals surface area contributed by atoms with Crippen LogP contribution in [-0.4, -0.2) is 49.1 Å². The topological polar surface area (TPSA) is 45.1 Å². The summed E-state index contributed by atoms with van der Waals surface area (Å²) in [7, 11) is 4.05. The van der Waals surface area contributed by atoms with Crippen molar-refractivity contribution in [1.82, 2.24) is 4.90 Å². The lowest BCUT2D eigenvalue weighted by molar-refractivity contribution is -0.0959. The summed E-state index contributed by atoms with van der Waals surface area (Å²) in [5.74, 6) is 0.755. The van der Waals surface area contributed by atoms with Gasteiger partial charge in [0.1, 0.15) is 6.61 Å². The third-order valence-electron chi connectivity index (χ3n) is 6.81. The minimum atomic E-state index is -0.597. The summed E-state index contributed by atoms with van der Waals surface area (Å²) in [5.41, 5.74) is 1.99. The molecule has 4 atom stereocenters. The summed E-state index contributed by atoms with van der Waals surface area (Å²) in [6.07, 6.45) is 6.85. The van der Waals surface area contributed by atoms with Crippen LogP contribution in [0.25, 0.3) is 0 Å². The van der Waals surface area contributed by atoms with Crippen molar-refractivity contribution in [1.29, 1.82) is 0 Å². The Balaban J connectivity index is 1.65. The lowest BCUT2D eigenvalue weighted by atomic mass is 9.59. The third kappa shape index (κ3) is 3.81. The molecule has 2 aliphatic carbocycles. The van der Waals surface area contributed by atoms with Gasteiger partial charge in [-0.1, -0.05) is 41.9 Å². The van der Waals surface area contributed by atoms with Gasteiger partial charge in [-0.2, -0.15) is 0 Å². The molecular formula is C22H34N2O2. The molecular weight excluding hydrogens is 324 g/mol. The number of fused-ring (bicyclic) bond motifs is 1. The molecule has 144 valence electrons. The van der Waals surface area contributed by atoms with Crippen molar-refractivity contribution in [2.24, 2.45) is 16.5 Å². The fraction of sp³-hybridized carbons (Fsp3) is 0.682. The van der Waals surface area contributed by atoms with Gasteiger partial charge < -0.3 is 14.8 Å². The van der Waals surface area contributed by atoms with Crippen molar-refractivity contribution in [3.63, 3.8) is 0 Å². The highest BCUT2D eigenvalue weighted by molar-refractivity contribution is 5.62. The van der Waals surface area contributed by atoms with Crippen LogP contribution >= 0.6 is 0 Å². The van der Waals surface area contributed by atoms with Crippen LogP contribution < -0.4 is 0 Å². The SMILES string of the molecule is Cc1cccc([C@H]2CC[C@]3(C)[C@@H](C=NOCCN(C)C)CC[C@]3(O)C2)c1. The maximum atomic E-state index is 11.5. The first-order valence-electron chi connectivity index (χ1n) is 9.93. The Bertz CT molecular complexity index is 645. The van der Waals surface area contributed by atoms with E-state index < -0.39 is 5.60 Å². The molecule has 2 aliphatic rings. The highest BCUT2D eigenvalue weighted by Crippen LogP contribution is 2.60. The van der Waals surface area contributed by atoms with Gasteiger partial charge in [-0.3, -0.25) is 0 Å². The number of aliphatic hydroxyl groups is 1. The van der Waals surface area contributed by atoms with Crippen molar-refractivity contribution >= 4 is 6.21 Å². The number of oxime groups is 1. The summed E-state index contributed by atoms with van der Waals surface area (Å²) in [6, 6.07) is 8.78. The molecule has 0 bridgehead atoms. The minimum Gasteiger partial charge on any atom is -0.395 e. The van der Waals surface area contributed by atoms with E-state index >= 15 is 0 Å².